The van der Waals surface area contributed by atoms with Gasteiger partial charge in [-0.2, -0.15) is 0 Å². The van der Waals surface area contributed by atoms with Gasteiger partial charge in [0.2, 0.25) is 0 Å². The summed E-state index contributed by atoms with van der Waals surface area (Å²) in [6.45, 7) is 7.37. The van der Waals surface area contributed by atoms with Gasteiger partial charge in [-0.1, -0.05) is 18.5 Å². The Kier molecular flexibility index (Phi) is 5.37. The number of piperazine rings is 1. The SMILES string of the molecule is CCN1CCN(c2cc(Nc3cc(Cl)ccc3OC)ncn2)CC1. The van der Waals surface area contributed by atoms with Crippen LogP contribution in [0.3, 0.4) is 0 Å². The molecule has 0 radical (unpaired) electrons. The fourth-order valence-electron chi connectivity index (χ4n) is 2.80. The van der Waals surface area contributed by atoms with E-state index in [1.807, 2.05) is 18.2 Å². The number of nitrogens with one attached hydrogen (secondary N) is 1. The highest BCUT2D eigenvalue weighted by Gasteiger charge is 2.17. The molecule has 1 fully saturated rings. The third kappa shape index (κ3) is 3.88. The zero-order valence-electron chi connectivity index (χ0n) is 14.0. The van der Waals surface area contributed by atoms with E-state index in [1.165, 1.54) is 0 Å². The highest BCUT2D eigenvalue weighted by molar-refractivity contribution is 6.31. The van der Waals surface area contributed by atoms with Crippen LogP contribution in [0.5, 0.6) is 5.75 Å². The number of benzene rings is 1. The second-order valence-corrected chi connectivity index (χ2v) is 6.09. The second-order valence-electron chi connectivity index (χ2n) is 5.65. The van der Waals surface area contributed by atoms with Gasteiger partial charge in [0.25, 0.3) is 0 Å². The molecule has 0 atom stereocenters. The molecule has 1 aliphatic heterocycles. The van der Waals surface area contributed by atoms with Crippen LogP contribution in [0.1, 0.15) is 6.92 Å². The van der Waals surface area contributed by atoms with Crippen LogP contribution in [0.2, 0.25) is 5.02 Å². The molecule has 0 spiro atoms. The van der Waals surface area contributed by atoms with Crippen LogP contribution in [-0.2, 0) is 0 Å². The second kappa shape index (κ2) is 7.68. The zero-order chi connectivity index (χ0) is 16.9. The Bertz CT molecular complexity index is 688. The minimum absolute atomic E-state index is 0.642. The van der Waals surface area contributed by atoms with Gasteiger partial charge >= 0.3 is 0 Å². The summed E-state index contributed by atoms with van der Waals surface area (Å²) in [7, 11) is 1.63. The van der Waals surface area contributed by atoms with Crippen LogP contribution in [-0.4, -0.2) is 54.7 Å². The van der Waals surface area contributed by atoms with Crippen molar-refractivity contribution < 1.29 is 4.74 Å². The lowest BCUT2D eigenvalue weighted by Crippen LogP contribution is -2.46. The van der Waals surface area contributed by atoms with Crippen molar-refractivity contribution in [3.05, 3.63) is 35.6 Å². The summed E-state index contributed by atoms with van der Waals surface area (Å²) in [6, 6.07) is 7.41. The standard InChI is InChI=1S/C17H22ClN5O/c1-3-22-6-8-23(9-7-22)17-11-16(19-12-20-17)21-14-10-13(18)4-5-15(14)24-2/h4-5,10-12H,3,6-9H2,1-2H3,(H,19,20,21). The molecule has 1 N–H and O–H groups in total. The minimum atomic E-state index is 0.642. The Labute approximate surface area is 147 Å². The normalized spacial score (nSPS) is 15.4. The number of methoxy groups -OCH3 is 1. The number of nitrogens with zero attached hydrogens (tertiary/aromatic N) is 4. The zero-order valence-corrected chi connectivity index (χ0v) is 14.8. The van der Waals surface area contributed by atoms with E-state index in [2.05, 4.69) is 32.0 Å². The van der Waals surface area contributed by atoms with Gasteiger partial charge in [0, 0.05) is 37.3 Å². The molecule has 1 aromatic carbocycles. The lowest BCUT2D eigenvalue weighted by Gasteiger charge is -2.34. The first-order chi connectivity index (χ1) is 11.7. The summed E-state index contributed by atoms with van der Waals surface area (Å²) in [6.07, 6.45) is 1.58. The summed E-state index contributed by atoms with van der Waals surface area (Å²) < 4.78 is 5.36. The summed E-state index contributed by atoms with van der Waals surface area (Å²) in [4.78, 5) is 13.4. The van der Waals surface area contributed by atoms with Gasteiger partial charge < -0.3 is 19.9 Å². The molecule has 1 saturated heterocycles. The van der Waals surface area contributed by atoms with E-state index in [0.29, 0.717) is 5.02 Å². The number of hydrogen-bond donors (Lipinski definition) is 1. The minimum Gasteiger partial charge on any atom is -0.495 e. The smallest absolute Gasteiger partial charge is 0.142 e. The van der Waals surface area contributed by atoms with Crippen molar-refractivity contribution in [1.29, 1.82) is 0 Å². The molecule has 2 aromatic rings. The molecule has 128 valence electrons. The van der Waals surface area contributed by atoms with E-state index in [4.69, 9.17) is 16.3 Å². The molecule has 6 nitrogen and oxygen atoms in total. The Balaban J connectivity index is 1.75. The van der Waals surface area contributed by atoms with Crippen LogP contribution in [0, 0.1) is 0 Å². The largest absolute Gasteiger partial charge is 0.495 e. The Morgan fingerprint density at radius 2 is 1.96 bits per heavy atom. The number of aromatic nitrogens is 2. The summed E-state index contributed by atoms with van der Waals surface area (Å²) in [5.74, 6) is 2.37. The molecular formula is C17H22ClN5O. The van der Waals surface area contributed by atoms with Gasteiger partial charge in [-0.15, -0.1) is 0 Å². The average molecular weight is 348 g/mol. The van der Waals surface area contributed by atoms with E-state index < -0.39 is 0 Å². The van der Waals surface area contributed by atoms with E-state index in [1.54, 1.807) is 19.5 Å². The van der Waals surface area contributed by atoms with Gasteiger partial charge in [-0.05, 0) is 24.7 Å². The Morgan fingerprint density at radius 1 is 1.17 bits per heavy atom. The third-order valence-corrected chi connectivity index (χ3v) is 4.46. The van der Waals surface area contributed by atoms with Crippen LogP contribution in [0.25, 0.3) is 0 Å². The van der Waals surface area contributed by atoms with Crippen molar-refractivity contribution in [2.75, 3.05) is 50.1 Å². The number of hydrogen-bond acceptors (Lipinski definition) is 6. The monoisotopic (exact) mass is 347 g/mol. The maximum absolute atomic E-state index is 6.08. The molecule has 1 aromatic heterocycles. The molecular weight excluding hydrogens is 326 g/mol. The fraction of sp³-hybridized carbons (Fsp3) is 0.412. The van der Waals surface area contributed by atoms with Crippen molar-refractivity contribution in [1.82, 2.24) is 14.9 Å². The first kappa shape index (κ1) is 16.8. The third-order valence-electron chi connectivity index (χ3n) is 4.22. The van der Waals surface area contributed by atoms with Crippen molar-refractivity contribution in [2.45, 2.75) is 6.92 Å². The number of rotatable bonds is 5. The lowest BCUT2D eigenvalue weighted by atomic mass is 10.3. The number of likely N-dealkylation sites (N-methyl/N-ethyl adjacent to an activating group) is 1. The first-order valence-electron chi connectivity index (χ1n) is 8.09. The molecule has 7 heteroatoms. The van der Waals surface area contributed by atoms with E-state index >= 15 is 0 Å². The maximum Gasteiger partial charge on any atom is 0.142 e. The van der Waals surface area contributed by atoms with Gasteiger partial charge in [0.1, 0.15) is 23.7 Å². The Hall–Kier alpha value is -2.05. The first-order valence-corrected chi connectivity index (χ1v) is 8.47. The van der Waals surface area contributed by atoms with E-state index in [0.717, 1.165) is 55.8 Å². The highest BCUT2D eigenvalue weighted by atomic mass is 35.5. The molecule has 0 saturated carbocycles. The van der Waals surface area contributed by atoms with E-state index in [9.17, 15) is 0 Å². The van der Waals surface area contributed by atoms with E-state index in [-0.39, 0.29) is 0 Å². The van der Waals surface area contributed by atoms with Gasteiger partial charge in [-0.3, -0.25) is 0 Å². The average Bonchev–Trinajstić information content (AvgIpc) is 2.62. The van der Waals surface area contributed by atoms with Crippen molar-refractivity contribution in [3.8, 4) is 5.75 Å². The molecule has 24 heavy (non-hydrogen) atoms. The van der Waals surface area contributed by atoms with Crippen molar-refractivity contribution in [3.63, 3.8) is 0 Å². The van der Waals surface area contributed by atoms with Gasteiger partial charge in [0.05, 0.1) is 12.8 Å². The maximum atomic E-state index is 6.08. The van der Waals surface area contributed by atoms with Gasteiger partial charge in [-0.25, -0.2) is 9.97 Å². The quantitative estimate of drug-likeness (QED) is 0.897. The predicted molar refractivity (Wildman–Crippen MR) is 97.6 cm³/mol. The molecule has 0 amide bonds. The topological polar surface area (TPSA) is 53.5 Å². The summed E-state index contributed by atoms with van der Waals surface area (Å²) in [5.41, 5.74) is 0.783. The molecule has 2 heterocycles. The van der Waals surface area contributed by atoms with Crippen molar-refractivity contribution in [2.24, 2.45) is 0 Å². The number of anilines is 3. The predicted octanol–water partition coefficient (Wildman–Crippen LogP) is 3.02. The molecule has 3 rings (SSSR count). The lowest BCUT2D eigenvalue weighted by molar-refractivity contribution is 0.270. The molecule has 0 aliphatic carbocycles. The number of halogens is 1. The van der Waals surface area contributed by atoms with Gasteiger partial charge in [0.15, 0.2) is 0 Å². The Morgan fingerprint density at radius 3 is 2.67 bits per heavy atom. The molecule has 0 bridgehead atoms. The number of ether oxygens (including phenoxy) is 1. The highest BCUT2D eigenvalue weighted by Crippen LogP contribution is 2.30. The van der Waals surface area contributed by atoms with Crippen LogP contribution < -0.4 is 15.0 Å². The summed E-state index contributed by atoms with van der Waals surface area (Å²) >= 11 is 6.08. The molecule has 1 aliphatic rings. The molecule has 0 unspecified atom stereocenters. The van der Waals surface area contributed by atoms with Crippen molar-refractivity contribution >= 4 is 28.9 Å². The van der Waals surface area contributed by atoms with Crippen LogP contribution in [0.15, 0.2) is 30.6 Å². The fourth-order valence-corrected chi connectivity index (χ4v) is 2.97. The summed E-state index contributed by atoms with van der Waals surface area (Å²) in [5, 5.41) is 3.91. The van der Waals surface area contributed by atoms with Crippen LogP contribution in [0.4, 0.5) is 17.3 Å². The van der Waals surface area contributed by atoms with Crippen LogP contribution >= 0.6 is 11.6 Å².